The summed E-state index contributed by atoms with van der Waals surface area (Å²) in [6.45, 7) is -0.251. The summed E-state index contributed by atoms with van der Waals surface area (Å²) in [5, 5.41) is 3.75. The van der Waals surface area contributed by atoms with E-state index >= 15 is 0 Å². The number of carbonyl (C=O) groups is 2. The van der Waals surface area contributed by atoms with E-state index < -0.39 is 0 Å². The topological polar surface area (TPSA) is 72.6 Å². The highest BCUT2D eigenvalue weighted by Crippen LogP contribution is 2.37. The first-order valence-electron chi connectivity index (χ1n) is 10.8. The Morgan fingerprint density at radius 1 is 0.971 bits per heavy atom. The van der Waals surface area contributed by atoms with Gasteiger partial charge in [-0.25, -0.2) is 4.98 Å². The minimum absolute atomic E-state index is 0.116. The Hall–Kier alpha value is -4.23. The highest BCUT2D eigenvalue weighted by molar-refractivity contribution is 7.13. The molecule has 3 heterocycles. The zero-order valence-electron chi connectivity index (χ0n) is 17.9. The lowest BCUT2D eigenvalue weighted by Gasteiger charge is -2.29. The van der Waals surface area contributed by atoms with Crippen LogP contribution in [-0.4, -0.2) is 29.8 Å². The Morgan fingerprint density at radius 2 is 1.79 bits per heavy atom. The molecular weight excluding hydrogens is 448 g/mol. The molecule has 1 amide bonds. The van der Waals surface area contributed by atoms with E-state index in [4.69, 9.17) is 14.1 Å². The van der Waals surface area contributed by atoms with E-state index in [0.29, 0.717) is 17.0 Å². The van der Waals surface area contributed by atoms with Gasteiger partial charge in [0.15, 0.2) is 12.4 Å². The van der Waals surface area contributed by atoms with Crippen molar-refractivity contribution in [1.29, 1.82) is 0 Å². The second kappa shape index (κ2) is 8.28. The second-order valence-corrected chi connectivity index (χ2v) is 8.78. The molecule has 0 saturated heterocycles. The Labute approximate surface area is 199 Å². The lowest BCUT2D eigenvalue weighted by molar-refractivity contribution is -0.121. The smallest absolute Gasteiger partial charge is 0.265 e. The molecule has 0 N–H and O–H groups in total. The quantitative estimate of drug-likeness (QED) is 0.305. The second-order valence-electron chi connectivity index (χ2n) is 7.93. The zero-order chi connectivity index (χ0) is 23.1. The Balaban J connectivity index is 1.31. The number of Topliss-reactive ketones (excluding diaryl/α,β-unsaturated/α-hetero) is 1. The molecule has 0 fully saturated rings. The van der Waals surface area contributed by atoms with Gasteiger partial charge in [-0.05, 0) is 30.3 Å². The zero-order valence-corrected chi connectivity index (χ0v) is 18.7. The molecule has 166 valence electrons. The highest BCUT2D eigenvalue weighted by Gasteiger charge is 2.29. The number of nitrogens with zero attached hydrogens (tertiary/aromatic N) is 2. The molecule has 0 saturated carbocycles. The first kappa shape index (κ1) is 20.4. The number of amides is 1. The van der Waals surface area contributed by atoms with Crippen LogP contribution in [0.25, 0.3) is 32.8 Å². The number of anilines is 1. The Morgan fingerprint density at radius 3 is 2.65 bits per heavy atom. The predicted octanol–water partition coefficient (Wildman–Crippen LogP) is 5.83. The van der Waals surface area contributed by atoms with E-state index in [9.17, 15) is 9.59 Å². The monoisotopic (exact) mass is 466 g/mol. The molecule has 1 aliphatic rings. The van der Waals surface area contributed by atoms with Gasteiger partial charge in [0, 0.05) is 21.9 Å². The van der Waals surface area contributed by atoms with Crippen molar-refractivity contribution < 1.29 is 18.7 Å². The third-order valence-electron chi connectivity index (χ3n) is 5.72. The van der Waals surface area contributed by atoms with Gasteiger partial charge in [0.25, 0.3) is 5.91 Å². The van der Waals surface area contributed by atoms with Crippen LogP contribution < -0.4 is 9.64 Å². The van der Waals surface area contributed by atoms with Crippen LogP contribution in [-0.2, 0) is 4.79 Å². The number of rotatable bonds is 5. The summed E-state index contributed by atoms with van der Waals surface area (Å²) in [7, 11) is 0. The fourth-order valence-corrected chi connectivity index (χ4v) is 4.83. The minimum atomic E-state index is -0.280. The number of ether oxygens (including phenoxy) is 1. The molecule has 0 radical (unpaired) electrons. The molecule has 0 bridgehead atoms. The van der Waals surface area contributed by atoms with Gasteiger partial charge in [0.05, 0.1) is 17.9 Å². The van der Waals surface area contributed by atoms with Crippen LogP contribution in [0.5, 0.6) is 5.75 Å². The van der Waals surface area contributed by atoms with E-state index in [1.54, 1.807) is 17.4 Å². The van der Waals surface area contributed by atoms with E-state index in [0.717, 1.165) is 27.2 Å². The van der Waals surface area contributed by atoms with Crippen LogP contribution in [0.15, 0.2) is 88.7 Å². The molecule has 34 heavy (non-hydrogen) atoms. The van der Waals surface area contributed by atoms with E-state index in [1.165, 1.54) is 4.90 Å². The molecule has 0 aliphatic carbocycles. The summed E-state index contributed by atoms with van der Waals surface area (Å²) in [5.41, 5.74) is 3.88. The van der Waals surface area contributed by atoms with E-state index in [-0.39, 0.29) is 30.6 Å². The first-order valence-corrected chi connectivity index (χ1v) is 11.6. The number of ketones is 1. The summed E-state index contributed by atoms with van der Waals surface area (Å²) in [6, 6.07) is 24.7. The summed E-state index contributed by atoms with van der Waals surface area (Å²) in [5.74, 6) is 0.227. The maximum Gasteiger partial charge on any atom is 0.265 e. The molecule has 0 unspecified atom stereocenters. The summed E-state index contributed by atoms with van der Waals surface area (Å²) in [6.07, 6.45) is 0. The normalized spacial score (nSPS) is 13.1. The lowest BCUT2D eigenvalue weighted by Crippen LogP contribution is -2.42. The Kier molecular flexibility index (Phi) is 4.96. The highest BCUT2D eigenvalue weighted by atomic mass is 32.1. The van der Waals surface area contributed by atoms with Gasteiger partial charge in [0.1, 0.15) is 16.3 Å². The minimum Gasteiger partial charge on any atom is -0.482 e. The van der Waals surface area contributed by atoms with Gasteiger partial charge in [-0.1, -0.05) is 48.5 Å². The number of fused-ring (bicyclic) bond motifs is 2. The number of thiazole rings is 1. The molecule has 3 aromatic carbocycles. The van der Waals surface area contributed by atoms with E-state index in [2.05, 4.69) is 0 Å². The van der Waals surface area contributed by atoms with Gasteiger partial charge in [-0.3, -0.25) is 14.5 Å². The van der Waals surface area contributed by atoms with Crippen molar-refractivity contribution in [1.82, 2.24) is 4.98 Å². The molecule has 7 heteroatoms. The number of para-hydroxylation sites is 1. The standard InChI is InChI=1S/C27H18N2O4S/c30-22(25-13-19-8-4-5-9-23(19)33-25)14-29-21-12-18(10-11-24(21)32-15-26(29)31)20-16-34-27(28-20)17-6-2-1-3-7-17/h1-13,16H,14-15H2. The molecular formula is C27H18N2O4S. The number of aromatic nitrogens is 1. The number of carbonyl (C=O) groups excluding carboxylic acids is 2. The maximum atomic E-state index is 13.0. The van der Waals surface area contributed by atoms with Crippen molar-refractivity contribution in [2.75, 3.05) is 18.1 Å². The first-order chi connectivity index (χ1) is 16.7. The fraction of sp³-hybridized carbons (Fsp3) is 0.0741. The fourth-order valence-electron chi connectivity index (χ4n) is 4.00. The van der Waals surface area contributed by atoms with Crippen LogP contribution in [0, 0.1) is 0 Å². The number of hydrogen-bond donors (Lipinski definition) is 0. The van der Waals surface area contributed by atoms with Crippen molar-refractivity contribution in [3.63, 3.8) is 0 Å². The maximum absolute atomic E-state index is 13.0. The van der Waals surface area contributed by atoms with Crippen molar-refractivity contribution in [2.45, 2.75) is 0 Å². The molecule has 6 nitrogen and oxygen atoms in total. The summed E-state index contributed by atoms with van der Waals surface area (Å²) >= 11 is 1.56. The lowest BCUT2D eigenvalue weighted by atomic mass is 10.1. The molecule has 5 aromatic rings. The van der Waals surface area contributed by atoms with Crippen LogP contribution >= 0.6 is 11.3 Å². The average Bonchev–Trinajstić information content (AvgIpc) is 3.54. The number of hydrogen-bond acceptors (Lipinski definition) is 6. The third-order valence-corrected chi connectivity index (χ3v) is 6.62. The Bertz CT molecular complexity index is 1500. The SMILES string of the molecule is O=C(CN1C(=O)COc2ccc(-c3csc(-c4ccccc4)n3)cc21)c1cc2ccccc2o1. The largest absolute Gasteiger partial charge is 0.482 e. The number of furan rings is 1. The summed E-state index contributed by atoms with van der Waals surface area (Å²) in [4.78, 5) is 32.0. The molecule has 0 spiro atoms. The van der Waals surface area contributed by atoms with Crippen molar-refractivity contribution in [3.8, 4) is 27.6 Å². The van der Waals surface area contributed by atoms with Gasteiger partial charge >= 0.3 is 0 Å². The third kappa shape index (κ3) is 3.66. The van der Waals surface area contributed by atoms with Gasteiger partial charge in [0.2, 0.25) is 5.78 Å². The molecule has 2 aromatic heterocycles. The van der Waals surface area contributed by atoms with Crippen LogP contribution in [0.2, 0.25) is 0 Å². The number of benzene rings is 3. The van der Waals surface area contributed by atoms with Gasteiger partial charge in [-0.15, -0.1) is 11.3 Å². The van der Waals surface area contributed by atoms with Crippen molar-refractivity contribution >= 4 is 39.7 Å². The van der Waals surface area contributed by atoms with Crippen molar-refractivity contribution in [3.05, 3.63) is 90.0 Å². The van der Waals surface area contributed by atoms with Crippen LogP contribution in [0.3, 0.4) is 0 Å². The summed E-state index contributed by atoms with van der Waals surface area (Å²) < 4.78 is 11.3. The van der Waals surface area contributed by atoms with Crippen LogP contribution in [0.1, 0.15) is 10.6 Å². The van der Waals surface area contributed by atoms with Crippen molar-refractivity contribution in [2.24, 2.45) is 0 Å². The predicted molar refractivity (Wildman–Crippen MR) is 131 cm³/mol. The van der Waals surface area contributed by atoms with Gasteiger partial charge < -0.3 is 9.15 Å². The van der Waals surface area contributed by atoms with Gasteiger partial charge in [-0.2, -0.15) is 0 Å². The van der Waals surface area contributed by atoms with E-state index in [1.807, 2.05) is 78.2 Å². The molecule has 0 atom stereocenters. The molecule has 6 rings (SSSR count). The average molecular weight is 467 g/mol. The van der Waals surface area contributed by atoms with Crippen LogP contribution in [0.4, 0.5) is 5.69 Å². The molecule has 1 aliphatic heterocycles.